The zero-order valence-electron chi connectivity index (χ0n) is 14.5. The molecule has 25 heavy (non-hydrogen) atoms. The fourth-order valence-corrected chi connectivity index (χ4v) is 3.74. The van der Waals surface area contributed by atoms with Crippen LogP contribution >= 0.6 is 11.3 Å². The Morgan fingerprint density at radius 2 is 2.00 bits per heavy atom. The van der Waals surface area contributed by atoms with Gasteiger partial charge < -0.3 is 15.2 Å². The van der Waals surface area contributed by atoms with Crippen molar-refractivity contribution in [1.82, 2.24) is 10.3 Å². The maximum Gasteiger partial charge on any atom is 0.347 e. The van der Waals surface area contributed by atoms with Crippen LogP contribution in [0.2, 0.25) is 0 Å². The number of amides is 1. The molecule has 1 aromatic heterocycles. The zero-order chi connectivity index (χ0) is 18.3. The second-order valence-electron chi connectivity index (χ2n) is 6.36. The molecule has 1 amide bonds. The van der Waals surface area contributed by atoms with Gasteiger partial charge in [-0.2, -0.15) is 0 Å². The Kier molecular flexibility index (Phi) is 4.51. The van der Waals surface area contributed by atoms with Gasteiger partial charge >= 0.3 is 5.97 Å². The van der Waals surface area contributed by atoms with Gasteiger partial charge in [0.15, 0.2) is 6.10 Å². The minimum absolute atomic E-state index is 0.201. The number of carboxylic acids is 1. The van der Waals surface area contributed by atoms with Crippen molar-refractivity contribution in [3.63, 3.8) is 0 Å². The minimum Gasteiger partial charge on any atom is -0.480 e. The molecule has 0 saturated carbocycles. The van der Waals surface area contributed by atoms with Gasteiger partial charge in [-0.3, -0.25) is 4.79 Å². The van der Waals surface area contributed by atoms with E-state index >= 15 is 0 Å². The Morgan fingerprint density at radius 3 is 2.64 bits per heavy atom. The van der Waals surface area contributed by atoms with Gasteiger partial charge in [0, 0.05) is 6.42 Å². The second kappa shape index (κ2) is 6.48. The molecular weight excluding hydrogens is 340 g/mol. The highest BCUT2D eigenvalue weighted by Gasteiger charge is 2.31. The molecule has 3 rings (SSSR count). The molecule has 1 aliphatic heterocycles. The van der Waals surface area contributed by atoms with Gasteiger partial charge in [0.05, 0.1) is 11.7 Å². The van der Waals surface area contributed by atoms with E-state index in [1.54, 1.807) is 13.8 Å². The number of thiazole rings is 1. The SMILES string of the molecule is Cc1cc2c(cc1C)OC(C(=O)NC(C)c1nc(C)c(C(=O)O)s1)C2. The molecule has 0 radical (unpaired) electrons. The molecule has 2 heterocycles. The molecule has 0 fully saturated rings. The van der Waals surface area contributed by atoms with Crippen molar-refractivity contribution >= 4 is 23.2 Å². The van der Waals surface area contributed by atoms with E-state index in [-0.39, 0.29) is 16.8 Å². The lowest BCUT2D eigenvalue weighted by molar-refractivity contribution is -0.127. The van der Waals surface area contributed by atoms with E-state index in [4.69, 9.17) is 9.84 Å². The number of carboxylic acid groups (broad SMARTS) is 1. The average Bonchev–Trinajstić information content (AvgIpc) is 3.11. The van der Waals surface area contributed by atoms with Crippen molar-refractivity contribution in [3.8, 4) is 5.75 Å². The highest BCUT2D eigenvalue weighted by atomic mass is 32.1. The van der Waals surface area contributed by atoms with Crippen LogP contribution in [-0.2, 0) is 11.2 Å². The number of aromatic carboxylic acids is 1. The number of carbonyl (C=O) groups is 2. The molecule has 2 unspecified atom stereocenters. The molecule has 7 heteroatoms. The summed E-state index contributed by atoms with van der Waals surface area (Å²) in [5.74, 6) is -0.460. The third kappa shape index (κ3) is 3.37. The predicted octanol–water partition coefficient (Wildman–Crippen LogP) is 2.95. The summed E-state index contributed by atoms with van der Waals surface area (Å²) in [7, 11) is 0. The van der Waals surface area contributed by atoms with E-state index < -0.39 is 12.1 Å². The number of rotatable bonds is 4. The predicted molar refractivity (Wildman–Crippen MR) is 94.4 cm³/mol. The summed E-state index contributed by atoms with van der Waals surface area (Å²) in [4.78, 5) is 28.1. The fraction of sp³-hybridized carbons (Fsp3) is 0.389. The van der Waals surface area contributed by atoms with Crippen LogP contribution < -0.4 is 10.1 Å². The molecule has 0 aliphatic carbocycles. The van der Waals surface area contributed by atoms with Crippen LogP contribution in [0.15, 0.2) is 12.1 Å². The lowest BCUT2D eigenvalue weighted by atomic mass is 10.0. The molecule has 6 nitrogen and oxygen atoms in total. The summed E-state index contributed by atoms with van der Waals surface area (Å²) in [5.41, 5.74) is 3.81. The number of hydrogen-bond acceptors (Lipinski definition) is 5. The third-order valence-electron chi connectivity index (χ3n) is 4.38. The number of ether oxygens (including phenoxy) is 1. The number of hydrogen-bond donors (Lipinski definition) is 2. The normalized spacial score (nSPS) is 16.9. The second-order valence-corrected chi connectivity index (χ2v) is 7.39. The summed E-state index contributed by atoms with van der Waals surface area (Å²) in [6.07, 6.45) is -0.0367. The summed E-state index contributed by atoms with van der Waals surface area (Å²) >= 11 is 1.09. The van der Waals surface area contributed by atoms with E-state index in [0.717, 1.165) is 28.2 Å². The number of aryl methyl sites for hydroxylation is 3. The third-order valence-corrected chi connectivity index (χ3v) is 5.71. The fourth-order valence-electron chi connectivity index (χ4n) is 2.83. The number of aromatic nitrogens is 1. The highest BCUT2D eigenvalue weighted by molar-refractivity contribution is 7.13. The summed E-state index contributed by atoms with van der Waals surface area (Å²) < 4.78 is 5.79. The van der Waals surface area contributed by atoms with Crippen LogP contribution in [0, 0.1) is 20.8 Å². The lowest BCUT2D eigenvalue weighted by Gasteiger charge is -2.15. The monoisotopic (exact) mass is 360 g/mol. The first-order valence-electron chi connectivity index (χ1n) is 8.04. The van der Waals surface area contributed by atoms with Crippen LogP contribution in [0.3, 0.4) is 0 Å². The van der Waals surface area contributed by atoms with Gasteiger partial charge in [-0.25, -0.2) is 9.78 Å². The van der Waals surface area contributed by atoms with Gasteiger partial charge in [0.2, 0.25) is 0 Å². The van der Waals surface area contributed by atoms with Gasteiger partial charge in [-0.15, -0.1) is 11.3 Å². The largest absolute Gasteiger partial charge is 0.480 e. The number of fused-ring (bicyclic) bond motifs is 1. The lowest BCUT2D eigenvalue weighted by Crippen LogP contribution is -2.38. The molecule has 1 aliphatic rings. The number of benzene rings is 1. The highest BCUT2D eigenvalue weighted by Crippen LogP contribution is 2.32. The molecular formula is C18H20N2O4S. The first-order chi connectivity index (χ1) is 11.8. The van der Waals surface area contributed by atoms with E-state index in [1.807, 2.05) is 19.9 Å². The molecule has 2 aromatic rings. The van der Waals surface area contributed by atoms with E-state index in [9.17, 15) is 9.59 Å². The van der Waals surface area contributed by atoms with Crippen LogP contribution in [0.5, 0.6) is 5.75 Å². The molecule has 2 atom stereocenters. The molecule has 0 bridgehead atoms. The van der Waals surface area contributed by atoms with Crippen LogP contribution in [0.4, 0.5) is 0 Å². The van der Waals surface area contributed by atoms with E-state index in [1.165, 1.54) is 5.56 Å². The Hall–Kier alpha value is -2.41. The molecule has 0 saturated heterocycles. The molecule has 1 aromatic carbocycles. The van der Waals surface area contributed by atoms with Gasteiger partial charge in [0.1, 0.15) is 15.6 Å². The van der Waals surface area contributed by atoms with Crippen molar-refractivity contribution < 1.29 is 19.4 Å². The van der Waals surface area contributed by atoms with Crippen molar-refractivity contribution in [1.29, 1.82) is 0 Å². The molecule has 132 valence electrons. The average molecular weight is 360 g/mol. The quantitative estimate of drug-likeness (QED) is 0.875. The Morgan fingerprint density at radius 1 is 1.32 bits per heavy atom. The summed E-state index contributed by atoms with van der Waals surface area (Å²) in [5, 5.41) is 12.6. The smallest absolute Gasteiger partial charge is 0.347 e. The van der Waals surface area contributed by atoms with Gasteiger partial charge in [0.25, 0.3) is 5.91 Å². The topological polar surface area (TPSA) is 88.5 Å². The minimum atomic E-state index is -1.000. The van der Waals surface area contributed by atoms with Crippen molar-refractivity contribution in [3.05, 3.63) is 44.4 Å². The number of carbonyl (C=O) groups excluding carboxylic acids is 1. The first-order valence-corrected chi connectivity index (χ1v) is 8.85. The summed E-state index contributed by atoms with van der Waals surface area (Å²) in [6, 6.07) is 3.65. The Balaban J connectivity index is 1.69. The zero-order valence-corrected chi connectivity index (χ0v) is 15.4. The van der Waals surface area contributed by atoms with Crippen LogP contribution in [0.25, 0.3) is 0 Å². The molecule has 0 spiro atoms. The Bertz CT molecular complexity index is 828. The van der Waals surface area contributed by atoms with E-state index in [0.29, 0.717) is 17.1 Å². The standard InChI is InChI=1S/C18H20N2O4S/c1-8-5-12-7-14(24-13(12)6-9(8)2)16(21)19-11(4)17-20-10(3)15(25-17)18(22)23/h5-6,11,14H,7H2,1-4H3,(H,19,21)(H,22,23). The number of nitrogens with one attached hydrogen (secondary N) is 1. The van der Waals surface area contributed by atoms with Crippen LogP contribution in [0.1, 0.15) is 50.0 Å². The van der Waals surface area contributed by atoms with Crippen molar-refractivity contribution in [2.45, 2.75) is 46.3 Å². The van der Waals surface area contributed by atoms with Crippen molar-refractivity contribution in [2.75, 3.05) is 0 Å². The maximum absolute atomic E-state index is 12.5. The van der Waals surface area contributed by atoms with Crippen LogP contribution in [-0.4, -0.2) is 28.1 Å². The van der Waals surface area contributed by atoms with E-state index in [2.05, 4.69) is 16.4 Å². The van der Waals surface area contributed by atoms with Gasteiger partial charge in [-0.05, 0) is 50.5 Å². The Labute approximate surface area is 149 Å². The summed E-state index contributed by atoms with van der Waals surface area (Å²) in [6.45, 7) is 7.49. The first kappa shape index (κ1) is 17.4. The van der Waals surface area contributed by atoms with Gasteiger partial charge in [-0.1, -0.05) is 6.07 Å². The number of nitrogens with zero attached hydrogens (tertiary/aromatic N) is 1. The van der Waals surface area contributed by atoms with Crippen molar-refractivity contribution in [2.24, 2.45) is 0 Å². The maximum atomic E-state index is 12.5. The molecule has 2 N–H and O–H groups in total.